The molecule has 0 saturated heterocycles. The molecule has 14 heteroatoms. The van der Waals surface area contributed by atoms with E-state index < -0.39 is 24.2 Å². The minimum atomic E-state index is -1.04. The lowest BCUT2D eigenvalue weighted by Crippen LogP contribution is -2.38. The number of carbonyl (C=O) groups is 4. The molecule has 1 heterocycles. The van der Waals surface area contributed by atoms with Crippen LogP contribution in [0.5, 0.6) is 0 Å². The standard InChI is InChI=1S/C85H141N5O9/c1-5-9-12-15-18-21-24-27-30-33-36-39-42-45-48-53-62-86-83(93)96-68-65-89(8-4)73-58-60-77-79(71-73)99-80-72-74(59-61-78(80)81(77)75-56-51-52-57-76(75)82(91)92)90(66-69-97-84(94)87-63-54-49-46-43-40-37-34-31-28-25-22-19-16-13-10-6-2)67-70-98-85(95)88-64-55-50-47-44-41-38-35-32-29-26-23-20-17-14-11-7-3/h51-52,56-61,71-72H,5-50,53-55,62-70H2,1-4H3,(H3-,86,87,88,91,92,93,94,95)/p+1. The van der Waals surface area contributed by atoms with E-state index in [1.165, 1.54) is 270 Å². The maximum atomic E-state index is 13.1. The molecule has 14 nitrogen and oxygen atoms in total. The Hall–Kier alpha value is -5.79. The smallest absolute Gasteiger partial charge is 0.407 e. The highest BCUT2D eigenvalue weighted by Crippen LogP contribution is 2.42. The van der Waals surface area contributed by atoms with Crippen LogP contribution in [0.25, 0.3) is 33.4 Å². The number of likely N-dealkylation sites (N-methyl/N-ethyl adjacent to an activating group) is 1. The van der Waals surface area contributed by atoms with Crippen molar-refractivity contribution in [1.29, 1.82) is 0 Å². The number of fused-ring (bicyclic) bond motifs is 2. The van der Waals surface area contributed by atoms with Crippen LogP contribution < -0.4 is 30.8 Å². The number of unbranched alkanes of at least 4 members (excludes halogenated alkanes) is 45. The van der Waals surface area contributed by atoms with E-state index in [1.807, 2.05) is 53.1 Å². The molecule has 0 bridgehead atoms. The Morgan fingerprint density at radius 3 is 1.12 bits per heavy atom. The first-order chi connectivity index (χ1) is 48.7. The third-order valence-electron chi connectivity index (χ3n) is 19.9. The summed E-state index contributed by atoms with van der Waals surface area (Å²) in [5.41, 5.74) is 3.55. The maximum absolute atomic E-state index is 13.1. The number of amides is 3. The molecular formula is C85H142N5O9+. The molecule has 0 radical (unpaired) electrons. The molecule has 1 aliphatic heterocycles. The van der Waals surface area contributed by atoms with E-state index in [2.05, 4.69) is 48.5 Å². The van der Waals surface area contributed by atoms with E-state index >= 15 is 0 Å². The first-order valence-electron chi connectivity index (χ1n) is 41.1. The number of benzene rings is 3. The molecule has 4 rings (SSSR count). The molecule has 3 amide bonds. The lowest BCUT2D eigenvalue weighted by Gasteiger charge is -2.24. The molecule has 0 aromatic heterocycles. The van der Waals surface area contributed by atoms with Crippen LogP contribution in [0.3, 0.4) is 0 Å². The van der Waals surface area contributed by atoms with Gasteiger partial charge in [-0.3, -0.25) is 0 Å². The minimum Gasteiger partial charge on any atom is -0.478 e. The van der Waals surface area contributed by atoms with Crippen LogP contribution in [0.4, 0.5) is 20.1 Å². The number of anilines is 1. The van der Waals surface area contributed by atoms with E-state index in [1.54, 1.807) is 12.1 Å². The molecule has 560 valence electrons. The number of hydrogen-bond donors (Lipinski definition) is 4. The van der Waals surface area contributed by atoms with Gasteiger partial charge in [0, 0.05) is 60.5 Å². The Bertz CT molecular complexity index is 2670. The first-order valence-corrected chi connectivity index (χ1v) is 41.1. The zero-order valence-corrected chi connectivity index (χ0v) is 63.4. The van der Waals surface area contributed by atoms with Crippen LogP contribution in [0.1, 0.15) is 346 Å². The van der Waals surface area contributed by atoms with Crippen molar-refractivity contribution in [2.75, 3.05) is 70.5 Å². The van der Waals surface area contributed by atoms with Gasteiger partial charge in [-0.05, 0) is 56.0 Å². The maximum Gasteiger partial charge on any atom is 0.407 e. The van der Waals surface area contributed by atoms with Crippen LogP contribution in [0, 0.1) is 0 Å². The van der Waals surface area contributed by atoms with Crippen molar-refractivity contribution >= 4 is 40.9 Å². The lowest BCUT2D eigenvalue weighted by molar-refractivity contribution is 0.0697. The van der Waals surface area contributed by atoms with Crippen LogP contribution in [-0.2, 0) is 14.2 Å². The SMILES string of the molecule is CCCCCCCCCCCCCCCCCCNC(=O)OCCN(CC)c1ccc2c(-c3ccccc3C(=O)O)c3ccc(=[N+](CCOC(=O)NCCCCCCCCCCCCCCCCCC)CCOC(=O)NCCCCCCCCCCCCCCCCCC)cc-3oc2c1. The minimum absolute atomic E-state index is 0.0849. The molecule has 2 aromatic rings. The number of ether oxygens (including phenoxy) is 3. The van der Waals surface area contributed by atoms with Crippen molar-refractivity contribution in [3.63, 3.8) is 0 Å². The predicted molar refractivity (Wildman–Crippen MR) is 415 cm³/mol. The molecule has 4 N–H and O–H groups in total. The molecule has 0 atom stereocenters. The summed E-state index contributed by atoms with van der Waals surface area (Å²) in [6.07, 6.45) is 60.8. The molecular weight excluding hydrogens is 1230 g/mol. The molecule has 99 heavy (non-hydrogen) atoms. The highest BCUT2D eigenvalue weighted by molar-refractivity contribution is 6.07. The lowest BCUT2D eigenvalue weighted by atomic mass is 9.90. The summed E-state index contributed by atoms with van der Waals surface area (Å²) < 4.78 is 26.1. The summed E-state index contributed by atoms with van der Waals surface area (Å²) >= 11 is 0. The van der Waals surface area contributed by atoms with E-state index in [0.717, 1.165) is 60.5 Å². The summed E-state index contributed by atoms with van der Waals surface area (Å²) in [7, 11) is 0. The molecule has 2 aliphatic rings. The number of carbonyl (C=O) groups excluding carboxylic acids is 3. The van der Waals surface area contributed by atoms with Gasteiger partial charge in [-0.25, -0.2) is 23.8 Å². The number of nitrogens with one attached hydrogen (secondary N) is 3. The van der Waals surface area contributed by atoms with Crippen LogP contribution in [0.2, 0.25) is 0 Å². The van der Waals surface area contributed by atoms with Crippen molar-refractivity contribution in [2.24, 2.45) is 0 Å². The number of rotatable bonds is 64. The fourth-order valence-electron chi connectivity index (χ4n) is 13.8. The Labute approximate surface area is 601 Å². The summed E-state index contributed by atoms with van der Waals surface area (Å²) in [6, 6.07) is 18.8. The molecule has 0 saturated carbocycles. The number of alkyl carbamates (subject to hydrolysis) is 3. The van der Waals surface area contributed by atoms with E-state index in [-0.39, 0.29) is 25.4 Å². The summed E-state index contributed by atoms with van der Waals surface area (Å²) in [5, 5.41) is 20.8. The average Bonchev–Trinajstić information content (AvgIpc) is 0.748. The van der Waals surface area contributed by atoms with E-state index in [9.17, 15) is 24.3 Å². The van der Waals surface area contributed by atoms with Gasteiger partial charge in [0.25, 0.3) is 0 Å². The van der Waals surface area contributed by atoms with Crippen molar-refractivity contribution < 1.29 is 42.9 Å². The second-order valence-corrected chi connectivity index (χ2v) is 28.4. The topological polar surface area (TPSA) is 172 Å². The highest BCUT2D eigenvalue weighted by Gasteiger charge is 2.24. The Morgan fingerprint density at radius 1 is 0.404 bits per heavy atom. The quantitative estimate of drug-likeness (QED) is 0.0144. The van der Waals surface area contributed by atoms with Gasteiger partial charge in [-0.1, -0.05) is 328 Å². The summed E-state index contributed by atoms with van der Waals surface area (Å²) in [6.45, 7) is 12.6. The van der Waals surface area contributed by atoms with E-state index in [4.69, 9.17) is 18.6 Å². The number of aromatic carboxylic acids is 1. The molecule has 0 fully saturated rings. The van der Waals surface area contributed by atoms with Gasteiger partial charge in [-0.15, -0.1) is 0 Å². The monoisotopic (exact) mass is 1380 g/mol. The van der Waals surface area contributed by atoms with Crippen LogP contribution in [-0.4, -0.2) is 95.0 Å². The second kappa shape index (κ2) is 58.8. The van der Waals surface area contributed by atoms with Crippen LogP contribution >= 0.6 is 0 Å². The number of nitrogens with zero attached hydrogens (tertiary/aromatic N) is 2. The van der Waals surface area contributed by atoms with E-state index in [0.29, 0.717) is 68.3 Å². The number of carboxylic acids is 1. The summed E-state index contributed by atoms with van der Waals surface area (Å²) in [5.74, 6) is -0.527. The van der Waals surface area contributed by atoms with Gasteiger partial charge in [0.2, 0.25) is 5.36 Å². The Morgan fingerprint density at radius 2 is 0.758 bits per heavy atom. The fourth-order valence-corrected chi connectivity index (χ4v) is 13.8. The zero-order chi connectivity index (χ0) is 70.7. The van der Waals surface area contributed by atoms with Gasteiger partial charge < -0.3 is 44.6 Å². The number of hydrogen-bond acceptors (Lipinski definition) is 9. The molecule has 1 aliphatic carbocycles. The molecule has 2 aromatic carbocycles. The van der Waals surface area contributed by atoms with Crippen LogP contribution in [0.15, 0.2) is 65.1 Å². The fraction of sp³-hybridized carbons (Fsp3) is 0.729. The summed E-state index contributed by atoms with van der Waals surface area (Å²) in [4.78, 5) is 53.9. The molecule has 0 unspecified atom stereocenters. The van der Waals surface area contributed by atoms with Gasteiger partial charge in [0.15, 0.2) is 26.3 Å². The van der Waals surface area contributed by atoms with Gasteiger partial charge in [-0.2, -0.15) is 0 Å². The number of carboxylic acid groups (broad SMARTS) is 1. The first kappa shape index (κ1) is 85.6. The predicted octanol–water partition coefficient (Wildman–Crippen LogP) is 23.5. The van der Waals surface area contributed by atoms with Gasteiger partial charge >= 0.3 is 24.2 Å². The third-order valence-corrected chi connectivity index (χ3v) is 19.9. The average molecular weight is 1380 g/mol. The van der Waals surface area contributed by atoms with Gasteiger partial charge in [0.05, 0.1) is 18.2 Å². The normalized spacial score (nSPS) is 11.4. The van der Waals surface area contributed by atoms with Crippen molar-refractivity contribution in [1.82, 2.24) is 20.5 Å². The van der Waals surface area contributed by atoms with Crippen molar-refractivity contribution in [2.45, 2.75) is 336 Å². The molecule has 0 spiro atoms. The van der Waals surface area contributed by atoms with Gasteiger partial charge in [0.1, 0.15) is 18.0 Å². The third kappa shape index (κ3) is 40.4. The highest BCUT2D eigenvalue weighted by atomic mass is 16.6. The van der Waals surface area contributed by atoms with Crippen molar-refractivity contribution in [3.8, 4) is 22.5 Å². The Kier molecular flexibility index (Phi) is 50.9. The van der Waals surface area contributed by atoms with Crippen molar-refractivity contribution in [3.05, 3.63) is 71.6 Å². The Balaban J connectivity index is 1.35. The zero-order valence-electron chi connectivity index (χ0n) is 63.4. The second-order valence-electron chi connectivity index (χ2n) is 28.4. The largest absolute Gasteiger partial charge is 0.478 e.